The number of aliphatic imine (C=N–C) groups is 1. The highest BCUT2D eigenvalue weighted by molar-refractivity contribution is 5.97. The van der Waals surface area contributed by atoms with Crippen molar-refractivity contribution in [3.8, 4) is 0 Å². The Morgan fingerprint density at radius 2 is 1.93 bits per heavy atom. The number of hydrogen-bond acceptors (Lipinski definition) is 5. The van der Waals surface area contributed by atoms with Gasteiger partial charge >= 0.3 is 0 Å². The van der Waals surface area contributed by atoms with Crippen molar-refractivity contribution in [2.45, 2.75) is 90.5 Å². The number of guanidine groups is 1. The van der Waals surface area contributed by atoms with Gasteiger partial charge < -0.3 is 5.32 Å². The predicted molar refractivity (Wildman–Crippen MR) is 110 cm³/mol. The van der Waals surface area contributed by atoms with E-state index in [1.807, 2.05) is 19.3 Å². The van der Waals surface area contributed by atoms with Gasteiger partial charge in [0.25, 0.3) is 0 Å². The molecule has 0 saturated carbocycles. The Morgan fingerprint density at radius 1 is 1.22 bits per heavy atom. The number of unbranched alkanes of at least 4 members (excludes halogenated alkanes) is 3. The third-order valence-corrected chi connectivity index (χ3v) is 5.19. The number of carbonyl (C=O) groups is 1. The Labute approximate surface area is 163 Å². The average Bonchev–Trinajstić information content (AvgIpc) is 2.61. The molecule has 27 heavy (non-hydrogen) atoms. The molecule has 0 bridgehead atoms. The molecular formula is C21H35N5O. The Balaban J connectivity index is 1.59. The molecule has 1 aliphatic heterocycles. The molecule has 6 heteroatoms. The Morgan fingerprint density at radius 3 is 2.59 bits per heavy atom. The first-order valence-corrected chi connectivity index (χ1v) is 10.3. The van der Waals surface area contributed by atoms with Crippen LogP contribution in [0.4, 0.5) is 0 Å². The largest absolute Gasteiger partial charge is 0.351 e. The maximum absolute atomic E-state index is 12.1. The number of amides is 1. The van der Waals surface area contributed by atoms with Crippen LogP contribution in [0.3, 0.4) is 0 Å². The van der Waals surface area contributed by atoms with E-state index in [2.05, 4.69) is 46.4 Å². The molecule has 0 aromatic carbocycles. The second-order valence-corrected chi connectivity index (χ2v) is 8.16. The van der Waals surface area contributed by atoms with Crippen molar-refractivity contribution in [3.63, 3.8) is 0 Å². The van der Waals surface area contributed by atoms with Crippen molar-refractivity contribution >= 4 is 11.9 Å². The molecule has 0 unspecified atom stereocenters. The van der Waals surface area contributed by atoms with Crippen LogP contribution < -0.4 is 10.6 Å². The molecule has 0 fully saturated rings. The lowest BCUT2D eigenvalue weighted by Gasteiger charge is -2.31. The van der Waals surface area contributed by atoms with Gasteiger partial charge in [0.15, 0.2) is 5.96 Å². The number of aryl methyl sites for hydroxylation is 1. The van der Waals surface area contributed by atoms with Crippen LogP contribution in [0, 0.1) is 6.92 Å². The fraction of sp³-hybridized carbons (Fsp3) is 0.714. The summed E-state index contributed by atoms with van der Waals surface area (Å²) in [6, 6.07) is 0. The maximum atomic E-state index is 12.1. The van der Waals surface area contributed by atoms with Crippen molar-refractivity contribution in [1.29, 1.82) is 0 Å². The third kappa shape index (κ3) is 7.65. The summed E-state index contributed by atoms with van der Waals surface area (Å²) in [5.41, 5.74) is 1.24. The first-order chi connectivity index (χ1) is 12.9. The highest BCUT2D eigenvalue weighted by Crippen LogP contribution is 2.25. The first kappa shape index (κ1) is 21.3. The monoisotopic (exact) mass is 373 g/mol. The van der Waals surface area contributed by atoms with E-state index in [0.717, 1.165) is 50.9 Å². The lowest BCUT2D eigenvalue weighted by atomic mass is 9.92. The van der Waals surface area contributed by atoms with Gasteiger partial charge in [-0.15, -0.1) is 0 Å². The van der Waals surface area contributed by atoms with Crippen molar-refractivity contribution < 1.29 is 4.79 Å². The fourth-order valence-corrected chi connectivity index (χ4v) is 3.38. The number of rotatable bonds is 9. The molecule has 2 N–H and O–H groups in total. The summed E-state index contributed by atoms with van der Waals surface area (Å²) in [5.74, 6) is 2.04. The Bertz CT molecular complexity index is 624. The summed E-state index contributed by atoms with van der Waals surface area (Å²) in [6.45, 7) is 9.15. The van der Waals surface area contributed by atoms with E-state index in [4.69, 9.17) is 0 Å². The van der Waals surface area contributed by atoms with Gasteiger partial charge in [-0.1, -0.05) is 26.2 Å². The van der Waals surface area contributed by atoms with Crippen LogP contribution in [0.15, 0.2) is 17.4 Å². The van der Waals surface area contributed by atoms with Crippen LogP contribution in [-0.4, -0.2) is 33.9 Å². The summed E-state index contributed by atoms with van der Waals surface area (Å²) < 4.78 is 0. The molecule has 1 aliphatic rings. The highest BCUT2D eigenvalue weighted by atomic mass is 16.1. The van der Waals surface area contributed by atoms with E-state index in [9.17, 15) is 4.79 Å². The number of nitrogens with one attached hydrogen (secondary N) is 2. The quantitative estimate of drug-likeness (QED) is 0.644. The normalized spacial score (nSPS) is 17.0. The van der Waals surface area contributed by atoms with Crippen LogP contribution in [0.5, 0.6) is 0 Å². The van der Waals surface area contributed by atoms with Crippen molar-refractivity contribution in [2.75, 3.05) is 6.54 Å². The number of carbonyl (C=O) groups excluding carboxylic acids is 1. The summed E-state index contributed by atoms with van der Waals surface area (Å²) in [7, 11) is 0. The molecule has 2 heterocycles. The molecule has 150 valence electrons. The minimum atomic E-state index is 0.00265. The van der Waals surface area contributed by atoms with Gasteiger partial charge in [-0.3, -0.25) is 15.1 Å². The molecule has 1 aromatic heterocycles. The standard InChI is InChI=1S/C21H35N5O/c1-5-17(18-14-23-16(2)24-15-18)10-8-6-7-9-11-19(27)25-20-22-13-12-21(3,4)26-20/h14-15,17H,5-13H2,1-4H3,(H2,22,25,26,27)/t17-/m1/s1. The van der Waals surface area contributed by atoms with Gasteiger partial charge in [0.1, 0.15) is 5.82 Å². The van der Waals surface area contributed by atoms with E-state index in [1.165, 1.54) is 12.0 Å². The van der Waals surface area contributed by atoms with E-state index in [-0.39, 0.29) is 11.4 Å². The van der Waals surface area contributed by atoms with Gasteiger partial charge in [0, 0.05) is 30.9 Å². The summed E-state index contributed by atoms with van der Waals surface area (Å²) in [6.07, 6.45) is 12.1. The second kappa shape index (κ2) is 10.4. The summed E-state index contributed by atoms with van der Waals surface area (Å²) in [4.78, 5) is 25.0. The van der Waals surface area contributed by atoms with Crippen molar-refractivity contribution in [3.05, 3.63) is 23.8 Å². The Kier molecular flexibility index (Phi) is 8.20. The minimum absolute atomic E-state index is 0.00265. The topological polar surface area (TPSA) is 79.3 Å². The molecule has 2 rings (SSSR count). The fourth-order valence-electron chi connectivity index (χ4n) is 3.38. The van der Waals surface area contributed by atoms with Crippen LogP contribution in [0.1, 0.15) is 89.4 Å². The molecule has 0 radical (unpaired) electrons. The third-order valence-electron chi connectivity index (χ3n) is 5.19. The van der Waals surface area contributed by atoms with Crippen molar-refractivity contribution in [1.82, 2.24) is 20.6 Å². The van der Waals surface area contributed by atoms with Crippen LogP contribution in [0.2, 0.25) is 0 Å². The van der Waals surface area contributed by atoms with Gasteiger partial charge in [-0.25, -0.2) is 9.97 Å². The zero-order valence-corrected chi connectivity index (χ0v) is 17.3. The van der Waals surface area contributed by atoms with E-state index < -0.39 is 0 Å². The number of aromatic nitrogens is 2. The molecule has 1 aromatic rings. The molecule has 6 nitrogen and oxygen atoms in total. The lowest BCUT2D eigenvalue weighted by Crippen LogP contribution is -2.53. The summed E-state index contributed by atoms with van der Waals surface area (Å²) in [5, 5.41) is 6.18. The van der Waals surface area contributed by atoms with Gasteiger partial charge in [-0.2, -0.15) is 0 Å². The van der Waals surface area contributed by atoms with Gasteiger partial charge in [0.2, 0.25) is 5.91 Å². The average molecular weight is 374 g/mol. The van der Waals surface area contributed by atoms with Crippen LogP contribution >= 0.6 is 0 Å². The predicted octanol–water partition coefficient (Wildman–Crippen LogP) is 3.86. The molecule has 1 amide bonds. The number of nitrogens with zero attached hydrogens (tertiary/aromatic N) is 3. The maximum Gasteiger partial charge on any atom is 0.226 e. The molecular weight excluding hydrogens is 338 g/mol. The van der Waals surface area contributed by atoms with Crippen molar-refractivity contribution in [2.24, 2.45) is 4.99 Å². The second-order valence-electron chi connectivity index (χ2n) is 8.16. The first-order valence-electron chi connectivity index (χ1n) is 10.3. The summed E-state index contributed by atoms with van der Waals surface area (Å²) >= 11 is 0. The highest BCUT2D eigenvalue weighted by Gasteiger charge is 2.23. The molecule has 0 aliphatic carbocycles. The van der Waals surface area contributed by atoms with Gasteiger partial charge in [0.05, 0.1) is 0 Å². The lowest BCUT2D eigenvalue weighted by molar-refractivity contribution is -0.119. The number of hydrogen-bond donors (Lipinski definition) is 2. The Hall–Kier alpha value is -1.98. The van der Waals surface area contributed by atoms with Crippen LogP contribution in [-0.2, 0) is 4.79 Å². The smallest absolute Gasteiger partial charge is 0.226 e. The van der Waals surface area contributed by atoms with Crippen LogP contribution in [0.25, 0.3) is 0 Å². The van der Waals surface area contributed by atoms with Gasteiger partial charge in [-0.05, 0) is 57.9 Å². The molecule has 0 saturated heterocycles. The SMILES string of the molecule is CC[C@H](CCCCCCC(=O)NC1=NCCC(C)(C)N1)c1cnc(C)nc1. The zero-order valence-electron chi connectivity index (χ0n) is 17.3. The minimum Gasteiger partial charge on any atom is -0.351 e. The molecule has 1 atom stereocenters. The molecule has 0 spiro atoms. The van der Waals surface area contributed by atoms with E-state index >= 15 is 0 Å². The zero-order chi connectivity index (χ0) is 19.7. The van der Waals surface area contributed by atoms with E-state index in [1.54, 1.807) is 0 Å². The van der Waals surface area contributed by atoms with E-state index in [0.29, 0.717) is 18.3 Å².